The van der Waals surface area contributed by atoms with E-state index in [0.29, 0.717) is 23.7 Å². The van der Waals surface area contributed by atoms with E-state index in [1.807, 2.05) is 30.3 Å². The standard InChI is InChI=1S/C18H20ClN3O2/c19-16-12-20-7-6-17(16)21-10-13-3-1-4-14(9-13)18(23)22-11-15-5-2-8-24-15/h1,3-4,6-7,9,12,15H,2,5,8,10-11H2,(H,20,21)(H,22,23). The van der Waals surface area contributed by atoms with Crippen LogP contribution in [0.25, 0.3) is 0 Å². The van der Waals surface area contributed by atoms with Crippen molar-refractivity contribution in [3.63, 3.8) is 0 Å². The van der Waals surface area contributed by atoms with Crippen LogP contribution in [-0.2, 0) is 11.3 Å². The first kappa shape index (κ1) is 16.7. The highest BCUT2D eigenvalue weighted by atomic mass is 35.5. The van der Waals surface area contributed by atoms with E-state index < -0.39 is 0 Å². The van der Waals surface area contributed by atoms with Crippen molar-refractivity contribution in [1.82, 2.24) is 10.3 Å². The maximum Gasteiger partial charge on any atom is 0.251 e. The summed E-state index contributed by atoms with van der Waals surface area (Å²) < 4.78 is 5.52. The molecule has 1 aromatic carbocycles. The Morgan fingerprint density at radius 1 is 1.38 bits per heavy atom. The summed E-state index contributed by atoms with van der Waals surface area (Å²) in [7, 11) is 0. The van der Waals surface area contributed by atoms with Crippen molar-refractivity contribution in [2.45, 2.75) is 25.5 Å². The number of nitrogens with zero attached hydrogens (tertiary/aromatic N) is 1. The summed E-state index contributed by atoms with van der Waals surface area (Å²) in [6.07, 6.45) is 5.51. The van der Waals surface area contributed by atoms with Crippen LogP contribution >= 0.6 is 11.6 Å². The lowest BCUT2D eigenvalue weighted by molar-refractivity contribution is 0.0857. The molecule has 0 spiro atoms. The number of carbonyl (C=O) groups is 1. The third kappa shape index (κ3) is 4.46. The topological polar surface area (TPSA) is 63.2 Å². The molecule has 1 saturated heterocycles. The number of halogens is 1. The Morgan fingerprint density at radius 3 is 3.08 bits per heavy atom. The number of rotatable bonds is 6. The number of hydrogen-bond donors (Lipinski definition) is 2. The quantitative estimate of drug-likeness (QED) is 0.843. The van der Waals surface area contributed by atoms with E-state index in [1.165, 1.54) is 0 Å². The SMILES string of the molecule is O=C(NCC1CCCO1)c1cccc(CNc2ccncc2Cl)c1. The lowest BCUT2D eigenvalue weighted by Gasteiger charge is -2.12. The first-order valence-corrected chi connectivity index (χ1v) is 8.42. The Morgan fingerprint density at radius 2 is 2.29 bits per heavy atom. The van der Waals surface area contributed by atoms with Crippen molar-refractivity contribution < 1.29 is 9.53 Å². The largest absolute Gasteiger partial charge is 0.380 e. The van der Waals surface area contributed by atoms with Gasteiger partial charge in [0.25, 0.3) is 5.91 Å². The molecule has 0 aliphatic carbocycles. The molecule has 1 amide bonds. The van der Waals surface area contributed by atoms with Crippen LogP contribution in [0.15, 0.2) is 42.7 Å². The highest BCUT2D eigenvalue weighted by molar-refractivity contribution is 6.33. The van der Waals surface area contributed by atoms with Crippen LogP contribution in [0, 0.1) is 0 Å². The third-order valence-corrected chi connectivity index (χ3v) is 4.26. The Kier molecular flexibility index (Phi) is 5.67. The molecule has 0 radical (unpaired) electrons. The summed E-state index contributed by atoms with van der Waals surface area (Å²) in [5.41, 5.74) is 2.47. The van der Waals surface area contributed by atoms with Crippen molar-refractivity contribution in [3.8, 4) is 0 Å². The molecule has 126 valence electrons. The fourth-order valence-corrected chi connectivity index (χ4v) is 2.84. The minimum Gasteiger partial charge on any atom is -0.380 e. The van der Waals surface area contributed by atoms with E-state index in [1.54, 1.807) is 12.4 Å². The molecule has 1 aliphatic heterocycles. The van der Waals surface area contributed by atoms with E-state index in [4.69, 9.17) is 16.3 Å². The van der Waals surface area contributed by atoms with Gasteiger partial charge in [-0.3, -0.25) is 9.78 Å². The molecular weight excluding hydrogens is 326 g/mol. The molecule has 24 heavy (non-hydrogen) atoms. The molecule has 1 aromatic heterocycles. The number of aromatic nitrogens is 1. The van der Waals surface area contributed by atoms with Gasteiger partial charge in [-0.2, -0.15) is 0 Å². The normalized spacial score (nSPS) is 16.8. The molecule has 2 heterocycles. The van der Waals surface area contributed by atoms with Gasteiger partial charge in [0.15, 0.2) is 0 Å². The molecule has 5 nitrogen and oxygen atoms in total. The van der Waals surface area contributed by atoms with Crippen molar-refractivity contribution in [2.24, 2.45) is 0 Å². The van der Waals surface area contributed by atoms with Crippen LogP contribution in [0.2, 0.25) is 5.02 Å². The minimum absolute atomic E-state index is 0.0747. The van der Waals surface area contributed by atoms with Crippen LogP contribution in [0.1, 0.15) is 28.8 Å². The first-order valence-electron chi connectivity index (χ1n) is 8.04. The zero-order valence-corrected chi connectivity index (χ0v) is 14.1. The molecule has 1 atom stereocenters. The fourth-order valence-electron chi connectivity index (χ4n) is 2.65. The number of hydrogen-bond acceptors (Lipinski definition) is 4. The van der Waals surface area contributed by atoms with Crippen LogP contribution in [0.5, 0.6) is 0 Å². The van der Waals surface area contributed by atoms with E-state index >= 15 is 0 Å². The summed E-state index contributed by atoms with van der Waals surface area (Å²) in [4.78, 5) is 16.2. The fraction of sp³-hybridized carbons (Fsp3) is 0.333. The van der Waals surface area contributed by atoms with E-state index in [0.717, 1.165) is 30.7 Å². The molecule has 1 aliphatic rings. The Bertz CT molecular complexity index is 702. The Hall–Kier alpha value is -2.11. The monoisotopic (exact) mass is 345 g/mol. The van der Waals surface area contributed by atoms with Gasteiger partial charge in [-0.25, -0.2) is 0 Å². The number of nitrogens with one attached hydrogen (secondary N) is 2. The van der Waals surface area contributed by atoms with Crippen molar-refractivity contribution in [1.29, 1.82) is 0 Å². The lowest BCUT2D eigenvalue weighted by Crippen LogP contribution is -2.31. The summed E-state index contributed by atoms with van der Waals surface area (Å²) >= 11 is 6.07. The minimum atomic E-state index is -0.0747. The van der Waals surface area contributed by atoms with Gasteiger partial charge < -0.3 is 15.4 Å². The average molecular weight is 346 g/mol. The number of ether oxygens (including phenoxy) is 1. The zero-order valence-electron chi connectivity index (χ0n) is 13.3. The smallest absolute Gasteiger partial charge is 0.251 e. The van der Waals surface area contributed by atoms with Gasteiger partial charge >= 0.3 is 0 Å². The molecule has 1 unspecified atom stereocenters. The summed E-state index contributed by atoms with van der Waals surface area (Å²) in [5, 5.41) is 6.76. The number of carbonyl (C=O) groups excluding carboxylic acids is 1. The Balaban J connectivity index is 1.57. The number of pyridine rings is 1. The summed E-state index contributed by atoms with van der Waals surface area (Å²) in [5.74, 6) is -0.0747. The van der Waals surface area contributed by atoms with Gasteiger partial charge in [0, 0.05) is 37.7 Å². The van der Waals surface area contributed by atoms with Crippen LogP contribution in [0.4, 0.5) is 5.69 Å². The van der Waals surface area contributed by atoms with Gasteiger partial charge in [0.2, 0.25) is 0 Å². The molecule has 1 fully saturated rings. The van der Waals surface area contributed by atoms with Crippen molar-refractivity contribution in [2.75, 3.05) is 18.5 Å². The lowest BCUT2D eigenvalue weighted by atomic mass is 10.1. The second-order valence-corrected chi connectivity index (χ2v) is 6.16. The molecule has 0 saturated carbocycles. The molecule has 0 bridgehead atoms. The maximum absolute atomic E-state index is 12.3. The highest BCUT2D eigenvalue weighted by Gasteiger charge is 2.16. The van der Waals surface area contributed by atoms with Gasteiger partial charge in [-0.05, 0) is 36.6 Å². The third-order valence-electron chi connectivity index (χ3n) is 3.96. The molecular formula is C18H20ClN3O2. The van der Waals surface area contributed by atoms with Crippen LogP contribution in [-0.4, -0.2) is 30.1 Å². The number of benzene rings is 1. The van der Waals surface area contributed by atoms with Gasteiger partial charge in [0.05, 0.1) is 16.8 Å². The highest BCUT2D eigenvalue weighted by Crippen LogP contribution is 2.20. The van der Waals surface area contributed by atoms with Gasteiger partial charge in [-0.1, -0.05) is 23.7 Å². The first-order chi connectivity index (χ1) is 11.7. The average Bonchev–Trinajstić information content (AvgIpc) is 3.13. The van der Waals surface area contributed by atoms with Crippen LogP contribution < -0.4 is 10.6 Å². The maximum atomic E-state index is 12.3. The van der Waals surface area contributed by atoms with Gasteiger partial charge in [-0.15, -0.1) is 0 Å². The predicted molar refractivity (Wildman–Crippen MR) is 94.3 cm³/mol. The summed E-state index contributed by atoms with van der Waals surface area (Å²) in [6.45, 7) is 1.93. The second-order valence-electron chi connectivity index (χ2n) is 5.75. The van der Waals surface area contributed by atoms with Crippen molar-refractivity contribution in [3.05, 3.63) is 58.9 Å². The Labute approximate surface area is 146 Å². The van der Waals surface area contributed by atoms with Crippen molar-refractivity contribution >= 4 is 23.2 Å². The molecule has 6 heteroatoms. The zero-order chi connectivity index (χ0) is 16.8. The van der Waals surface area contributed by atoms with Gasteiger partial charge in [0.1, 0.15) is 0 Å². The second kappa shape index (κ2) is 8.13. The summed E-state index contributed by atoms with van der Waals surface area (Å²) in [6, 6.07) is 9.37. The van der Waals surface area contributed by atoms with E-state index in [2.05, 4.69) is 15.6 Å². The molecule has 3 rings (SSSR count). The van der Waals surface area contributed by atoms with E-state index in [9.17, 15) is 4.79 Å². The number of anilines is 1. The number of amides is 1. The molecule has 2 aromatic rings. The van der Waals surface area contributed by atoms with Crippen LogP contribution in [0.3, 0.4) is 0 Å². The van der Waals surface area contributed by atoms with E-state index in [-0.39, 0.29) is 12.0 Å². The molecule has 2 N–H and O–H groups in total. The predicted octanol–water partition coefficient (Wildman–Crippen LogP) is 3.26.